The summed E-state index contributed by atoms with van der Waals surface area (Å²) in [4.78, 5) is 0. The van der Waals surface area contributed by atoms with Crippen molar-refractivity contribution in [3.05, 3.63) is 0 Å². The Morgan fingerprint density at radius 3 is 1.93 bits per heavy atom. The smallest absolute Gasteiger partial charge is 0.111 e. The molecular formula is C10H20O5. The van der Waals surface area contributed by atoms with Gasteiger partial charge in [0.2, 0.25) is 0 Å². The largest absolute Gasteiger partial charge is 0.394 e. The molecular weight excluding hydrogens is 200 g/mol. The quantitative estimate of drug-likeness (QED) is 0.449. The van der Waals surface area contributed by atoms with Crippen LogP contribution < -0.4 is 0 Å². The molecule has 0 spiro atoms. The van der Waals surface area contributed by atoms with Gasteiger partial charge in [0.25, 0.3) is 0 Å². The molecule has 5 atom stereocenters. The zero-order valence-corrected chi connectivity index (χ0v) is 9.29. The monoisotopic (exact) mass is 220 g/mol. The van der Waals surface area contributed by atoms with Crippen LogP contribution in [-0.4, -0.2) is 57.6 Å². The highest BCUT2D eigenvalue weighted by Crippen LogP contribution is 2.32. The van der Waals surface area contributed by atoms with Crippen molar-refractivity contribution >= 4 is 0 Å². The molecule has 1 rings (SSSR count). The summed E-state index contributed by atoms with van der Waals surface area (Å²) in [7, 11) is 0. The lowest BCUT2D eigenvalue weighted by Gasteiger charge is -2.45. The summed E-state index contributed by atoms with van der Waals surface area (Å²) in [5, 5.41) is 37.8. The molecule has 1 fully saturated rings. The first-order valence-electron chi connectivity index (χ1n) is 5.09. The molecule has 5 nitrogen and oxygen atoms in total. The van der Waals surface area contributed by atoms with Gasteiger partial charge >= 0.3 is 0 Å². The normalized spacial score (nSPS) is 43.0. The second-order valence-corrected chi connectivity index (χ2v) is 5.12. The maximum Gasteiger partial charge on any atom is 0.111 e. The van der Waals surface area contributed by atoms with E-state index in [9.17, 15) is 15.3 Å². The van der Waals surface area contributed by atoms with Crippen molar-refractivity contribution in [3.8, 4) is 0 Å². The van der Waals surface area contributed by atoms with Gasteiger partial charge < -0.3 is 25.2 Å². The van der Waals surface area contributed by atoms with E-state index in [1.807, 2.05) is 20.8 Å². The van der Waals surface area contributed by atoms with E-state index in [0.29, 0.717) is 0 Å². The van der Waals surface area contributed by atoms with Crippen LogP contribution in [0, 0.1) is 5.41 Å². The molecule has 0 saturated carbocycles. The van der Waals surface area contributed by atoms with Crippen molar-refractivity contribution < 1.29 is 25.2 Å². The van der Waals surface area contributed by atoms with Gasteiger partial charge in [-0.15, -0.1) is 0 Å². The van der Waals surface area contributed by atoms with Gasteiger partial charge in [0, 0.05) is 0 Å². The van der Waals surface area contributed by atoms with Crippen molar-refractivity contribution in [2.75, 3.05) is 6.61 Å². The molecule has 0 unspecified atom stereocenters. The van der Waals surface area contributed by atoms with Gasteiger partial charge in [-0.1, -0.05) is 20.8 Å². The summed E-state index contributed by atoms with van der Waals surface area (Å²) in [5.41, 5.74) is -0.367. The summed E-state index contributed by atoms with van der Waals surface area (Å²) >= 11 is 0. The van der Waals surface area contributed by atoms with Crippen molar-refractivity contribution in [1.29, 1.82) is 0 Å². The zero-order valence-electron chi connectivity index (χ0n) is 9.29. The van der Waals surface area contributed by atoms with Crippen molar-refractivity contribution in [2.24, 2.45) is 5.41 Å². The highest BCUT2D eigenvalue weighted by atomic mass is 16.5. The van der Waals surface area contributed by atoms with Gasteiger partial charge in [-0.2, -0.15) is 0 Å². The fourth-order valence-electron chi connectivity index (χ4n) is 1.82. The molecule has 0 bridgehead atoms. The molecule has 0 aromatic rings. The molecule has 4 N–H and O–H groups in total. The van der Waals surface area contributed by atoms with Gasteiger partial charge in [-0.25, -0.2) is 0 Å². The Bertz CT molecular complexity index is 210. The van der Waals surface area contributed by atoms with Crippen LogP contribution in [0.4, 0.5) is 0 Å². The average molecular weight is 220 g/mol. The third-order valence-corrected chi connectivity index (χ3v) is 2.75. The molecule has 90 valence electrons. The number of rotatable bonds is 1. The van der Waals surface area contributed by atoms with Crippen LogP contribution >= 0.6 is 0 Å². The van der Waals surface area contributed by atoms with Gasteiger partial charge in [0.1, 0.15) is 24.4 Å². The Balaban J connectivity index is 2.83. The SMILES string of the molecule is CC(C)(C)[C@@H]1O[C@H](CO)[C@@H](O)[C@H](O)[C@H]1O. The lowest BCUT2D eigenvalue weighted by molar-refractivity contribution is -0.250. The average Bonchev–Trinajstić information content (AvgIpc) is 2.13. The summed E-state index contributed by atoms with van der Waals surface area (Å²) in [6.07, 6.45) is -5.10. The molecule has 0 amide bonds. The summed E-state index contributed by atoms with van der Waals surface area (Å²) < 4.78 is 5.38. The standard InChI is InChI=1S/C10H20O5/c1-10(2,3)9-8(14)7(13)6(12)5(4-11)15-9/h5-9,11-14H,4H2,1-3H3/t5-,6-,7+,8-,9-/m1/s1. The van der Waals surface area contributed by atoms with Crippen LogP contribution in [0.3, 0.4) is 0 Å². The fourth-order valence-corrected chi connectivity index (χ4v) is 1.82. The number of hydrogen-bond acceptors (Lipinski definition) is 5. The van der Waals surface area contributed by atoms with Gasteiger partial charge in [-0.05, 0) is 5.41 Å². The first kappa shape index (κ1) is 12.9. The summed E-state index contributed by atoms with van der Waals surface area (Å²) in [5.74, 6) is 0. The van der Waals surface area contributed by atoms with E-state index in [4.69, 9.17) is 9.84 Å². The molecule has 1 saturated heterocycles. The Morgan fingerprint density at radius 2 is 1.53 bits per heavy atom. The Kier molecular flexibility index (Phi) is 3.73. The van der Waals surface area contributed by atoms with Crippen LogP contribution in [0.15, 0.2) is 0 Å². The van der Waals surface area contributed by atoms with E-state index in [1.54, 1.807) is 0 Å². The lowest BCUT2D eigenvalue weighted by atomic mass is 9.80. The van der Waals surface area contributed by atoms with Gasteiger partial charge in [-0.3, -0.25) is 0 Å². The first-order valence-corrected chi connectivity index (χ1v) is 5.09. The van der Waals surface area contributed by atoms with Crippen molar-refractivity contribution in [3.63, 3.8) is 0 Å². The molecule has 0 aromatic heterocycles. The van der Waals surface area contributed by atoms with Crippen LogP contribution in [0.5, 0.6) is 0 Å². The third kappa shape index (κ3) is 2.49. The minimum Gasteiger partial charge on any atom is -0.394 e. The predicted octanol–water partition coefficient (Wildman–Crippen LogP) is -1.13. The maximum atomic E-state index is 9.74. The fraction of sp³-hybridized carbons (Fsp3) is 1.00. The molecule has 0 aromatic carbocycles. The molecule has 1 heterocycles. The second-order valence-electron chi connectivity index (χ2n) is 5.12. The van der Waals surface area contributed by atoms with E-state index < -0.39 is 30.5 Å². The van der Waals surface area contributed by atoms with E-state index in [-0.39, 0.29) is 12.0 Å². The number of aliphatic hydroxyl groups is 4. The van der Waals surface area contributed by atoms with Crippen molar-refractivity contribution in [1.82, 2.24) is 0 Å². The minimum atomic E-state index is -1.28. The minimum absolute atomic E-state index is 0.367. The Labute approximate surface area is 89.3 Å². The molecule has 1 aliphatic rings. The number of hydrogen-bond donors (Lipinski definition) is 4. The van der Waals surface area contributed by atoms with E-state index in [0.717, 1.165) is 0 Å². The summed E-state index contributed by atoms with van der Waals surface area (Å²) in [6.45, 7) is 5.21. The van der Waals surface area contributed by atoms with Crippen LogP contribution in [0.2, 0.25) is 0 Å². The molecule has 0 aliphatic carbocycles. The second kappa shape index (κ2) is 4.35. The lowest BCUT2D eigenvalue weighted by Crippen LogP contribution is -2.61. The van der Waals surface area contributed by atoms with Crippen LogP contribution in [0.25, 0.3) is 0 Å². The zero-order chi connectivity index (χ0) is 11.8. The van der Waals surface area contributed by atoms with Crippen LogP contribution in [-0.2, 0) is 4.74 Å². The van der Waals surface area contributed by atoms with Crippen molar-refractivity contribution in [2.45, 2.75) is 51.3 Å². The molecule has 0 radical (unpaired) electrons. The highest BCUT2D eigenvalue weighted by Gasteiger charge is 2.47. The van der Waals surface area contributed by atoms with Gasteiger partial charge in [0.15, 0.2) is 0 Å². The van der Waals surface area contributed by atoms with E-state index >= 15 is 0 Å². The van der Waals surface area contributed by atoms with Gasteiger partial charge in [0.05, 0.1) is 12.7 Å². The van der Waals surface area contributed by atoms with E-state index in [2.05, 4.69) is 0 Å². The number of aliphatic hydroxyl groups excluding tert-OH is 4. The topological polar surface area (TPSA) is 90.2 Å². The first-order chi connectivity index (χ1) is 6.79. The molecule has 15 heavy (non-hydrogen) atoms. The number of ether oxygens (including phenoxy) is 1. The summed E-state index contributed by atoms with van der Waals surface area (Å²) in [6, 6.07) is 0. The molecule has 5 heteroatoms. The van der Waals surface area contributed by atoms with Crippen LogP contribution in [0.1, 0.15) is 20.8 Å². The predicted molar refractivity (Wildman–Crippen MR) is 53.2 cm³/mol. The van der Waals surface area contributed by atoms with E-state index in [1.165, 1.54) is 0 Å². The Hall–Kier alpha value is -0.200. The maximum absolute atomic E-state index is 9.74. The highest BCUT2D eigenvalue weighted by molar-refractivity contribution is 4.96. The third-order valence-electron chi connectivity index (χ3n) is 2.75. The Morgan fingerprint density at radius 1 is 1.00 bits per heavy atom. The molecule has 1 aliphatic heterocycles.